The Kier molecular flexibility index (Phi) is 13.9. The quantitative estimate of drug-likeness (QED) is 0.109. The molecule has 0 amide bonds. The standard InChI is InChI=1S/C49H61ClO16/c1-23-22-49-28(19-30(23)44(55)56)12-9-7-6-8-11-27-15-16-29-31(48(27,5)47(59)65-42(43(49)54)46(58)66-49)13-10-14-35(29)62-37-20-34(52)41(26(4)61-37)64-38-21-36(40(53)25(3)60-38)63-45(57)39-24(2)32(50)17-18-33(39)51/h9,12,15-19,23,25-29,31,34-38,40-41,51-54H,6-8,10-11,13-14,20-22H2,1-5H3,(H,55,56)/t23-,25-,26-,27-,28-,29+,31-,34-,35+,36-,37+,38+,40-,41-,48-,49?/m1/s1. The average Bonchev–Trinajstić information content (AvgIpc) is 3.48. The van der Waals surface area contributed by atoms with Crippen molar-refractivity contribution < 1.29 is 77.9 Å². The second-order valence-corrected chi connectivity index (χ2v) is 19.8. The molecule has 1 aromatic rings. The molecule has 0 aromatic heterocycles. The summed E-state index contributed by atoms with van der Waals surface area (Å²) in [5.74, 6) is -7.22. The van der Waals surface area contributed by atoms with Crippen molar-refractivity contribution in [2.24, 2.45) is 35.0 Å². The number of ether oxygens (including phenoxy) is 7. The van der Waals surface area contributed by atoms with Crippen LogP contribution in [-0.4, -0.2) is 110 Å². The third-order valence-electron chi connectivity index (χ3n) is 15.2. The Balaban J connectivity index is 0.954. The van der Waals surface area contributed by atoms with Gasteiger partial charge in [0.1, 0.15) is 29.6 Å². The lowest BCUT2D eigenvalue weighted by Gasteiger charge is -2.51. The molecule has 4 heterocycles. The number of hydrogen-bond donors (Lipinski definition) is 5. The zero-order valence-electron chi connectivity index (χ0n) is 37.8. The first-order valence-corrected chi connectivity index (χ1v) is 23.6. The maximum absolute atomic E-state index is 14.7. The van der Waals surface area contributed by atoms with E-state index in [1.807, 2.05) is 19.1 Å². The van der Waals surface area contributed by atoms with Crippen LogP contribution in [0.2, 0.25) is 5.02 Å². The van der Waals surface area contributed by atoms with E-state index in [0.717, 1.165) is 12.8 Å². The Labute approximate surface area is 388 Å². The first-order valence-electron chi connectivity index (χ1n) is 23.2. The highest BCUT2D eigenvalue weighted by Gasteiger charge is 2.60. The number of esters is 3. The first kappa shape index (κ1) is 48.2. The van der Waals surface area contributed by atoms with Crippen LogP contribution in [0.4, 0.5) is 0 Å². The average molecular weight is 941 g/mol. The van der Waals surface area contributed by atoms with Gasteiger partial charge in [0.15, 0.2) is 23.9 Å². The van der Waals surface area contributed by atoms with Crippen molar-refractivity contribution >= 4 is 35.5 Å². The number of fused-ring (bicyclic) bond motifs is 3. The van der Waals surface area contributed by atoms with Gasteiger partial charge in [-0.15, -0.1) is 0 Å². The fourth-order valence-corrected chi connectivity index (χ4v) is 11.7. The number of hydrogen-bond acceptors (Lipinski definition) is 15. The molecular weight excluding hydrogens is 880 g/mol. The van der Waals surface area contributed by atoms with E-state index in [1.165, 1.54) is 18.2 Å². The summed E-state index contributed by atoms with van der Waals surface area (Å²) in [6.45, 7) is 8.47. The van der Waals surface area contributed by atoms with E-state index in [9.17, 15) is 44.7 Å². The SMILES string of the molecule is Cc1c(Cl)ccc(O)c1C(=O)O[C@@H]1C[C@H](O[C@H]2[C@H](O)C[C@H](O[C@H]3CCC[C@@H]4[C@@H]3C=C[C@H]3CCCCC=C[C@@H]5C=C(C(=O)O)[C@H](C)CC56OC(=O)C(=C6O)OC(=O)[C@@]43C)O[C@@H]2C)O[C@H](C)[C@H]1O. The zero-order valence-corrected chi connectivity index (χ0v) is 38.6. The number of aromatic hydroxyl groups is 1. The zero-order chi connectivity index (χ0) is 47.4. The third kappa shape index (κ3) is 8.83. The molecule has 360 valence electrons. The van der Waals surface area contributed by atoms with E-state index < -0.39 is 114 Å². The smallest absolute Gasteiger partial charge is 0.379 e. The highest BCUT2D eigenvalue weighted by molar-refractivity contribution is 6.32. The summed E-state index contributed by atoms with van der Waals surface area (Å²) in [6, 6.07) is 2.75. The maximum Gasteiger partial charge on any atom is 0.379 e. The second-order valence-electron chi connectivity index (χ2n) is 19.4. The Hall–Kier alpha value is -4.29. The minimum atomic E-state index is -1.62. The van der Waals surface area contributed by atoms with Gasteiger partial charge < -0.3 is 58.7 Å². The molecular formula is C49H61ClO16. The maximum atomic E-state index is 14.7. The molecule has 2 saturated heterocycles. The number of phenolic OH excluding ortho intramolecular Hbond substituents is 1. The van der Waals surface area contributed by atoms with Crippen LogP contribution in [0.15, 0.2) is 59.6 Å². The highest BCUT2D eigenvalue weighted by atomic mass is 35.5. The molecule has 1 spiro atoms. The minimum absolute atomic E-state index is 0.0120. The molecule has 16 nitrogen and oxygen atoms in total. The number of carbonyl (C=O) groups excluding carboxylic acids is 3. The van der Waals surface area contributed by atoms with Gasteiger partial charge in [0.25, 0.3) is 5.76 Å². The van der Waals surface area contributed by atoms with Gasteiger partial charge in [-0.1, -0.05) is 61.7 Å². The summed E-state index contributed by atoms with van der Waals surface area (Å²) >= 11 is 6.19. The van der Waals surface area contributed by atoms with Crippen LogP contribution in [0.3, 0.4) is 0 Å². The topological polar surface area (TPSA) is 234 Å². The number of carboxylic acid groups (broad SMARTS) is 1. The monoisotopic (exact) mass is 940 g/mol. The van der Waals surface area contributed by atoms with Gasteiger partial charge in [0, 0.05) is 41.7 Å². The van der Waals surface area contributed by atoms with Gasteiger partial charge in [0.2, 0.25) is 0 Å². The van der Waals surface area contributed by atoms with Gasteiger partial charge in [-0.05, 0) is 95.2 Å². The molecule has 3 fully saturated rings. The Morgan fingerprint density at radius 2 is 1.64 bits per heavy atom. The lowest BCUT2D eigenvalue weighted by atomic mass is 9.55. The molecule has 3 aliphatic carbocycles. The largest absolute Gasteiger partial charge is 0.507 e. The van der Waals surface area contributed by atoms with Crippen LogP contribution in [0.25, 0.3) is 0 Å². The van der Waals surface area contributed by atoms with Crippen molar-refractivity contribution in [3.63, 3.8) is 0 Å². The van der Waals surface area contributed by atoms with E-state index in [1.54, 1.807) is 33.8 Å². The van der Waals surface area contributed by atoms with E-state index in [0.29, 0.717) is 37.7 Å². The van der Waals surface area contributed by atoms with Crippen LogP contribution in [-0.2, 0) is 47.5 Å². The number of phenols is 1. The van der Waals surface area contributed by atoms with Gasteiger partial charge in [-0.3, -0.25) is 4.79 Å². The Morgan fingerprint density at radius 3 is 2.38 bits per heavy atom. The van der Waals surface area contributed by atoms with E-state index in [4.69, 9.17) is 44.8 Å². The summed E-state index contributed by atoms with van der Waals surface area (Å²) in [5.41, 5.74) is -2.41. The van der Waals surface area contributed by atoms with Crippen molar-refractivity contribution in [2.45, 2.75) is 160 Å². The van der Waals surface area contributed by atoms with Crippen molar-refractivity contribution in [2.75, 3.05) is 0 Å². The first-order chi connectivity index (χ1) is 31.3. The van der Waals surface area contributed by atoms with Crippen molar-refractivity contribution in [3.8, 4) is 5.75 Å². The number of benzene rings is 1. The van der Waals surface area contributed by atoms with Gasteiger partial charge >= 0.3 is 23.9 Å². The fourth-order valence-electron chi connectivity index (χ4n) is 11.5. The number of aliphatic hydroxyl groups excluding tert-OH is 3. The molecule has 5 N–H and O–H groups in total. The number of halogens is 1. The summed E-state index contributed by atoms with van der Waals surface area (Å²) in [4.78, 5) is 53.6. The molecule has 0 radical (unpaired) electrons. The van der Waals surface area contributed by atoms with Crippen molar-refractivity contribution in [3.05, 3.63) is 75.8 Å². The molecule has 1 saturated carbocycles. The fraction of sp³-hybridized carbons (Fsp3) is 0.633. The molecule has 8 rings (SSSR count). The number of carbonyl (C=O) groups is 4. The number of carboxylic acids is 1. The molecule has 17 heteroatoms. The van der Waals surface area contributed by atoms with E-state index >= 15 is 0 Å². The van der Waals surface area contributed by atoms with Gasteiger partial charge in [-0.25, -0.2) is 14.4 Å². The lowest BCUT2D eigenvalue weighted by molar-refractivity contribution is -0.318. The third-order valence-corrected chi connectivity index (χ3v) is 15.7. The van der Waals surface area contributed by atoms with Crippen molar-refractivity contribution in [1.29, 1.82) is 0 Å². The number of allylic oxidation sites excluding steroid dienone is 2. The predicted octanol–water partition coefficient (Wildman–Crippen LogP) is 6.66. The normalized spacial score (nSPS) is 40.5. The second kappa shape index (κ2) is 19.0. The molecule has 7 aliphatic rings. The van der Waals surface area contributed by atoms with E-state index in [2.05, 4.69) is 6.08 Å². The number of aliphatic hydroxyl groups is 3. The molecule has 16 atom stereocenters. The van der Waals surface area contributed by atoms with Gasteiger partial charge in [-0.2, -0.15) is 0 Å². The predicted molar refractivity (Wildman–Crippen MR) is 233 cm³/mol. The van der Waals surface area contributed by atoms with Crippen LogP contribution >= 0.6 is 11.6 Å². The Morgan fingerprint density at radius 1 is 0.894 bits per heavy atom. The van der Waals surface area contributed by atoms with Crippen LogP contribution in [0, 0.1) is 41.9 Å². The summed E-state index contributed by atoms with van der Waals surface area (Å²) in [5, 5.41) is 54.7. The molecule has 2 bridgehead atoms. The van der Waals surface area contributed by atoms with Gasteiger partial charge in [0.05, 0.1) is 29.8 Å². The summed E-state index contributed by atoms with van der Waals surface area (Å²) < 4.78 is 42.8. The van der Waals surface area contributed by atoms with Crippen LogP contribution < -0.4 is 0 Å². The Bertz CT molecular complexity index is 2190. The molecule has 1 aromatic carbocycles. The minimum Gasteiger partial charge on any atom is -0.507 e. The summed E-state index contributed by atoms with van der Waals surface area (Å²) in [7, 11) is 0. The lowest BCUT2D eigenvalue weighted by Crippen LogP contribution is -2.56. The molecule has 66 heavy (non-hydrogen) atoms. The number of aliphatic carboxylic acids is 1. The highest BCUT2D eigenvalue weighted by Crippen LogP contribution is 2.55. The molecule has 1 unspecified atom stereocenters. The van der Waals surface area contributed by atoms with Crippen molar-refractivity contribution in [1.82, 2.24) is 0 Å². The molecule has 4 aliphatic heterocycles. The summed E-state index contributed by atoms with van der Waals surface area (Å²) in [6.07, 6.45) is 6.18. The van der Waals surface area contributed by atoms with Crippen LogP contribution in [0.1, 0.15) is 108 Å². The number of rotatable bonds is 7. The van der Waals surface area contributed by atoms with E-state index in [-0.39, 0.29) is 58.9 Å². The van der Waals surface area contributed by atoms with Crippen LogP contribution in [0.5, 0.6) is 5.75 Å².